The van der Waals surface area contributed by atoms with E-state index in [1.54, 1.807) is 6.92 Å². The lowest BCUT2D eigenvalue weighted by Gasteiger charge is -2.14. The maximum absolute atomic E-state index is 13.7. The topological polar surface area (TPSA) is 159 Å². The Kier molecular flexibility index (Phi) is 14.1. The van der Waals surface area contributed by atoms with E-state index in [0.717, 1.165) is 51.1 Å². The predicted molar refractivity (Wildman–Crippen MR) is 220 cm³/mol. The number of hydrogen-bond acceptors (Lipinski definition) is 7. The molecule has 5 N–H and O–H groups in total. The third-order valence-corrected chi connectivity index (χ3v) is 9.86. The summed E-state index contributed by atoms with van der Waals surface area (Å²) < 4.78 is 0. The molecule has 4 heterocycles. The van der Waals surface area contributed by atoms with Crippen molar-refractivity contribution in [2.75, 3.05) is 54.4 Å². The van der Waals surface area contributed by atoms with Gasteiger partial charge in [0.2, 0.25) is 11.8 Å². The summed E-state index contributed by atoms with van der Waals surface area (Å²) in [5.74, 6) is -1.66. The van der Waals surface area contributed by atoms with Crippen molar-refractivity contribution >= 4 is 57.1 Å². The van der Waals surface area contributed by atoms with E-state index in [4.69, 9.17) is 9.97 Å². The Bertz CT molecular complexity index is 2100. The number of carbonyl (C=O) groups excluding carboxylic acids is 2. The maximum atomic E-state index is 13.7. The van der Waals surface area contributed by atoms with Crippen LogP contribution in [0.4, 0.5) is 0 Å². The molecule has 3 aromatic heterocycles. The van der Waals surface area contributed by atoms with Gasteiger partial charge in [-0.2, -0.15) is 0 Å². The molecule has 0 atom stereocenters. The number of carboxylic acids is 1. The Hall–Kier alpha value is -5.07. The first-order valence-corrected chi connectivity index (χ1v) is 18.7. The van der Waals surface area contributed by atoms with Crippen molar-refractivity contribution in [3.8, 4) is 0 Å². The van der Waals surface area contributed by atoms with Gasteiger partial charge in [-0.15, -0.1) is 0 Å². The molecule has 1 aliphatic rings. The van der Waals surface area contributed by atoms with Crippen LogP contribution in [-0.4, -0.2) is 107 Å². The number of carboxylic acid groups (broad SMARTS) is 1. The van der Waals surface area contributed by atoms with Crippen molar-refractivity contribution in [2.24, 2.45) is 0 Å². The summed E-state index contributed by atoms with van der Waals surface area (Å²) >= 11 is 0. The second-order valence-electron chi connectivity index (χ2n) is 14.8. The quantitative estimate of drug-likeness (QED) is 0.122. The zero-order valence-electron chi connectivity index (χ0n) is 33.7. The fraction of sp³-hybridized carbons (Fsp3) is 0.452. The van der Waals surface area contributed by atoms with Crippen LogP contribution in [0.15, 0.2) is 24.8 Å². The number of carbonyl (C=O) groups is 3. The second-order valence-corrected chi connectivity index (χ2v) is 14.8. The van der Waals surface area contributed by atoms with Crippen LogP contribution in [0.3, 0.4) is 0 Å². The first kappa shape index (κ1) is 41.7. The number of amides is 2. The molecule has 290 valence electrons. The number of hydrogen-bond donors (Lipinski definition) is 5. The molecule has 0 unspecified atom stereocenters. The van der Waals surface area contributed by atoms with E-state index in [2.05, 4.69) is 41.0 Å². The SMILES string of the molecule is C=Cc1c(C)c2cc(C(C)C)nc(CCC(=O)NCCN(C)C)c(CC(=O)NCCN(C)C)c3[nH]c(cc4nc(cc1[nH]2)C(C)=C4CC)c(C)c3C(=O)O. The minimum Gasteiger partial charge on any atom is -0.478 e. The van der Waals surface area contributed by atoms with Gasteiger partial charge in [-0.25, -0.2) is 9.78 Å². The smallest absolute Gasteiger partial charge is 0.338 e. The first-order chi connectivity index (χ1) is 25.6. The van der Waals surface area contributed by atoms with E-state index in [-0.39, 0.29) is 48.1 Å². The Morgan fingerprint density at radius 1 is 0.870 bits per heavy atom. The van der Waals surface area contributed by atoms with Crippen molar-refractivity contribution in [3.05, 3.63) is 75.4 Å². The van der Waals surface area contributed by atoms with Gasteiger partial charge >= 0.3 is 5.97 Å². The molecule has 3 aromatic rings. The average Bonchev–Trinajstić information content (AvgIpc) is 3.69. The molecule has 54 heavy (non-hydrogen) atoms. The van der Waals surface area contributed by atoms with Crippen LogP contribution in [0, 0.1) is 13.8 Å². The summed E-state index contributed by atoms with van der Waals surface area (Å²) in [7, 11) is 7.74. The van der Waals surface area contributed by atoms with Crippen molar-refractivity contribution in [2.45, 2.75) is 73.1 Å². The number of aromatic carboxylic acids is 1. The maximum Gasteiger partial charge on any atom is 0.338 e. The molecule has 0 saturated heterocycles. The number of fused-ring (bicyclic) bond motifs is 6. The zero-order chi connectivity index (χ0) is 39.9. The molecule has 6 bridgehead atoms. The molecule has 0 fully saturated rings. The van der Waals surface area contributed by atoms with Gasteiger partial charge in [0, 0.05) is 71.7 Å². The molecule has 12 nitrogen and oxygen atoms in total. The highest BCUT2D eigenvalue weighted by atomic mass is 16.4. The molecular weight excluding hydrogens is 681 g/mol. The number of aryl methyl sites for hydroxylation is 3. The minimum absolute atomic E-state index is 0.0491. The third-order valence-electron chi connectivity index (χ3n) is 9.86. The van der Waals surface area contributed by atoms with Crippen molar-refractivity contribution < 1.29 is 19.5 Å². The summed E-state index contributed by atoms with van der Waals surface area (Å²) in [4.78, 5) is 61.4. The predicted octanol–water partition coefficient (Wildman–Crippen LogP) is 6.25. The first-order valence-electron chi connectivity index (χ1n) is 18.7. The minimum atomic E-state index is -1.13. The third kappa shape index (κ3) is 9.91. The molecule has 1 aliphatic heterocycles. The van der Waals surface area contributed by atoms with Crippen LogP contribution in [-0.2, 0) is 22.4 Å². The summed E-state index contributed by atoms with van der Waals surface area (Å²) in [6, 6.07) is 5.92. The lowest BCUT2D eigenvalue weighted by molar-refractivity contribution is -0.121. The fourth-order valence-corrected chi connectivity index (χ4v) is 6.65. The number of H-pyrrole nitrogens is 2. The number of allylic oxidation sites excluding steroid dienone is 2. The van der Waals surface area contributed by atoms with Crippen LogP contribution in [0.25, 0.3) is 39.3 Å². The number of nitrogens with zero attached hydrogens (tertiary/aromatic N) is 4. The highest BCUT2D eigenvalue weighted by molar-refractivity contribution is 6.03. The van der Waals surface area contributed by atoms with Gasteiger partial charge in [0.05, 0.1) is 28.9 Å². The largest absolute Gasteiger partial charge is 0.478 e. The number of rotatable bonds is 15. The molecular formula is C42H58N8O4. The van der Waals surface area contributed by atoms with Crippen molar-refractivity contribution in [1.82, 2.24) is 40.4 Å². The molecule has 0 spiro atoms. The molecule has 0 aromatic carbocycles. The molecule has 2 amide bonds. The van der Waals surface area contributed by atoms with E-state index >= 15 is 0 Å². The molecule has 0 aliphatic carbocycles. The number of aromatic amines is 2. The summed E-state index contributed by atoms with van der Waals surface area (Å²) in [5, 5.41) is 16.7. The van der Waals surface area contributed by atoms with Crippen LogP contribution < -0.4 is 10.6 Å². The van der Waals surface area contributed by atoms with Crippen molar-refractivity contribution in [3.63, 3.8) is 0 Å². The van der Waals surface area contributed by atoms with Gasteiger partial charge in [0.25, 0.3) is 0 Å². The second kappa shape index (κ2) is 18.3. The highest BCUT2D eigenvalue weighted by Crippen LogP contribution is 2.34. The lowest BCUT2D eigenvalue weighted by Crippen LogP contribution is -2.33. The lowest BCUT2D eigenvalue weighted by atomic mass is 10.0. The Morgan fingerprint density at radius 2 is 1.48 bits per heavy atom. The van der Waals surface area contributed by atoms with Crippen LogP contribution in [0.2, 0.25) is 0 Å². The van der Waals surface area contributed by atoms with Crippen molar-refractivity contribution in [1.29, 1.82) is 0 Å². The van der Waals surface area contributed by atoms with Gasteiger partial charge in [-0.05, 0) is 108 Å². The van der Waals surface area contributed by atoms with E-state index in [1.165, 1.54) is 0 Å². The van der Waals surface area contributed by atoms with Gasteiger partial charge < -0.3 is 35.5 Å². The monoisotopic (exact) mass is 738 g/mol. The molecule has 0 radical (unpaired) electrons. The van der Waals surface area contributed by atoms with E-state index in [0.29, 0.717) is 54.2 Å². The summed E-state index contributed by atoms with van der Waals surface area (Å²) in [6.45, 7) is 18.3. The Balaban J connectivity index is 2.20. The van der Waals surface area contributed by atoms with Crippen LogP contribution >= 0.6 is 0 Å². The Morgan fingerprint density at radius 3 is 2.06 bits per heavy atom. The molecule has 4 rings (SSSR count). The standard InChI is InChI=1S/C42H58N8O4/c1-12-28-25(5)33-21-32(24(3)4)45-31(14-15-38(51)43-16-18-49(8)9)30(20-39(52)44-17-19-50(10)11)41-40(42(53)54)27(7)35(48-41)23-37-29(13-2)26(6)34(47-37)22-36(28)46-33/h12,21-24,46,48H,1,13-20H2,2-11H3,(H,43,51)(H,44,52)(H,53,54). The van der Waals surface area contributed by atoms with E-state index in [9.17, 15) is 19.5 Å². The number of nitrogens with one attached hydrogen (secondary N) is 4. The van der Waals surface area contributed by atoms with E-state index in [1.807, 2.05) is 83.0 Å². The number of likely N-dealkylation sites (N-methyl/N-ethyl adjacent to an activating group) is 2. The average molecular weight is 739 g/mol. The summed E-state index contributed by atoms with van der Waals surface area (Å²) in [5.41, 5.74) is 10.3. The highest BCUT2D eigenvalue weighted by Gasteiger charge is 2.23. The normalized spacial score (nSPS) is 12.2. The molecule has 0 saturated carbocycles. The van der Waals surface area contributed by atoms with Gasteiger partial charge in [-0.1, -0.05) is 33.4 Å². The van der Waals surface area contributed by atoms with Crippen LogP contribution in [0.1, 0.15) is 102 Å². The molecule has 12 heteroatoms. The fourth-order valence-electron chi connectivity index (χ4n) is 6.65. The van der Waals surface area contributed by atoms with Gasteiger partial charge in [0.15, 0.2) is 0 Å². The summed E-state index contributed by atoms with van der Waals surface area (Å²) in [6.07, 6.45) is 2.66. The zero-order valence-corrected chi connectivity index (χ0v) is 33.7. The number of aromatic nitrogens is 4. The van der Waals surface area contributed by atoms with E-state index < -0.39 is 5.97 Å². The van der Waals surface area contributed by atoms with Crippen LogP contribution in [0.5, 0.6) is 0 Å². The Labute approximate surface area is 319 Å². The van der Waals surface area contributed by atoms with Gasteiger partial charge in [-0.3, -0.25) is 14.6 Å². The van der Waals surface area contributed by atoms with Gasteiger partial charge in [0.1, 0.15) is 0 Å².